The van der Waals surface area contributed by atoms with Crippen LogP contribution in [0, 0.1) is 0 Å². The minimum atomic E-state index is 0.132. The summed E-state index contributed by atoms with van der Waals surface area (Å²) in [6.45, 7) is 4.32. The van der Waals surface area contributed by atoms with Gasteiger partial charge in [0.15, 0.2) is 0 Å². The van der Waals surface area contributed by atoms with Crippen LogP contribution in [0.5, 0.6) is 0 Å². The molecular weight excluding hydrogens is 142 g/mol. The fourth-order valence-corrected chi connectivity index (χ4v) is 0.933. The summed E-state index contributed by atoms with van der Waals surface area (Å²) in [5.74, 6) is 0. The maximum absolute atomic E-state index is 8.82. The molecule has 0 amide bonds. The maximum atomic E-state index is 8.82. The Morgan fingerprint density at radius 2 is 1.36 bits per heavy atom. The van der Waals surface area contributed by atoms with Crippen LogP contribution in [0.1, 0.15) is 26.7 Å². The van der Waals surface area contributed by atoms with Gasteiger partial charge in [-0.2, -0.15) is 0 Å². The van der Waals surface area contributed by atoms with E-state index in [1.165, 1.54) is 0 Å². The minimum Gasteiger partial charge on any atom is -0.395 e. The largest absolute Gasteiger partial charge is 0.395 e. The first-order valence-electron chi connectivity index (χ1n) is 4.26. The second kappa shape index (κ2) is 6.58. The van der Waals surface area contributed by atoms with Crippen molar-refractivity contribution < 1.29 is 10.2 Å². The summed E-state index contributed by atoms with van der Waals surface area (Å²) in [5.41, 5.74) is 0. The third kappa shape index (κ3) is 4.35. The van der Waals surface area contributed by atoms with Crippen molar-refractivity contribution in [3.05, 3.63) is 0 Å². The van der Waals surface area contributed by atoms with Crippen molar-refractivity contribution in [1.29, 1.82) is 0 Å². The molecule has 0 radical (unpaired) electrons. The van der Waals surface area contributed by atoms with Gasteiger partial charge in [-0.25, -0.2) is 0 Å². The van der Waals surface area contributed by atoms with E-state index in [4.69, 9.17) is 10.2 Å². The van der Waals surface area contributed by atoms with Gasteiger partial charge in [0.25, 0.3) is 0 Å². The van der Waals surface area contributed by atoms with Crippen molar-refractivity contribution in [2.24, 2.45) is 0 Å². The molecule has 2 atom stereocenters. The number of aliphatic hydroxyl groups is 2. The molecule has 3 N–H and O–H groups in total. The molecule has 0 aromatic heterocycles. The van der Waals surface area contributed by atoms with Crippen molar-refractivity contribution in [2.45, 2.75) is 38.8 Å². The van der Waals surface area contributed by atoms with Gasteiger partial charge in [0.1, 0.15) is 0 Å². The van der Waals surface area contributed by atoms with Crippen molar-refractivity contribution in [3.63, 3.8) is 0 Å². The van der Waals surface area contributed by atoms with Gasteiger partial charge < -0.3 is 15.5 Å². The van der Waals surface area contributed by atoms with Gasteiger partial charge in [-0.15, -0.1) is 0 Å². The van der Waals surface area contributed by atoms with Crippen LogP contribution < -0.4 is 5.32 Å². The molecule has 68 valence electrons. The third-order valence-electron chi connectivity index (χ3n) is 1.90. The molecule has 3 nitrogen and oxygen atoms in total. The smallest absolute Gasteiger partial charge is 0.0584 e. The van der Waals surface area contributed by atoms with Crippen molar-refractivity contribution in [1.82, 2.24) is 5.32 Å². The van der Waals surface area contributed by atoms with Gasteiger partial charge in [-0.3, -0.25) is 0 Å². The van der Waals surface area contributed by atoms with Gasteiger partial charge in [-0.1, -0.05) is 13.8 Å². The van der Waals surface area contributed by atoms with Crippen molar-refractivity contribution in [3.8, 4) is 0 Å². The van der Waals surface area contributed by atoms with Gasteiger partial charge in [0.05, 0.1) is 13.2 Å². The van der Waals surface area contributed by atoms with E-state index >= 15 is 0 Å². The fourth-order valence-electron chi connectivity index (χ4n) is 0.933. The quantitative estimate of drug-likeness (QED) is 0.518. The molecule has 0 aromatic carbocycles. The Bertz CT molecular complexity index is 70.2. The molecule has 0 bridgehead atoms. The zero-order chi connectivity index (χ0) is 8.69. The van der Waals surface area contributed by atoms with Gasteiger partial charge in [-0.05, 0) is 12.8 Å². The first-order chi connectivity index (χ1) is 5.28. The predicted octanol–water partition coefficient (Wildman–Crippen LogP) is 0.118. The summed E-state index contributed by atoms with van der Waals surface area (Å²) in [4.78, 5) is 0. The first kappa shape index (κ1) is 10.9. The predicted molar refractivity (Wildman–Crippen MR) is 45.5 cm³/mol. The Balaban J connectivity index is 3.58. The number of rotatable bonds is 6. The molecule has 0 aliphatic carbocycles. The van der Waals surface area contributed by atoms with E-state index in [1.807, 2.05) is 13.8 Å². The maximum Gasteiger partial charge on any atom is 0.0584 e. The van der Waals surface area contributed by atoms with Gasteiger partial charge in [0, 0.05) is 12.1 Å². The third-order valence-corrected chi connectivity index (χ3v) is 1.90. The zero-order valence-corrected chi connectivity index (χ0v) is 7.38. The van der Waals surface area contributed by atoms with Crippen LogP contribution in [0.3, 0.4) is 0 Å². The first-order valence-corrected chi connectivity index (χ1v) is 4.26. The Morgan fingerprint density at radius 3 is 1.55 bits per heavy atom. The molecule has 2 unspecified atom stereocenters. The molecule has 0 aliphatic heterocycles. The second-order valence-corrected chi connectivity index (χ2v) is 2.74. The molecule has 3 heteroatoms. The molecule has 0 heterocycles. The second-order valence-electron chi connectivity index (χ2n) is 2.74. The van der Waals surface area contributed by atoms with E-state index < -0.39 is 0 Å². The number of nitrogens with one attached hydrogen (secondary N) is 1. The van der Waals surface area contributed by atoms with E-state index in [0.717, 1.165) is 12.8 Å². The van der Waals surface area contributed by atoms with E-state index in [9.17, 15) is 0 Å². The average molecular weight is 161 g/mol. The molecule has 11 heavy (non-hydrogen) atoms. The summed E-state index contributed by atoms with van der Waals surface area (Å²) < 4.78 is 0. The lowest BCUT2D eigenvalue weighted by Crippen LogP contribution is -2.41. The standard InChI is InChI=1S/C8H19NO2/c1-3-7(5-10)9-8(4-2)6-11/h7-11H,3-6H2,1-2H3. The molecule has 0 aliphatic rings. The lowest BCUT2D eigenvalue weighted by Gasteiger charge is -2.20. The summed E-state index contributed by atoms with van der Waals surface area (Å²) in [6.07, 6.45) is 1.79. The van der Waals surface area contributed by atoms with E-state index in [0.29, 0.717) is 0 Å². The molecule has 0 saturated heterocycles. The molecule has 0 fully saturated rings. The van der Waals surface area contributed by atoms with Crippen LogP contribution in [0.25, 0.3) is 0 Å². The van der Waals surface area contributed by atoms with E-state index in [-0.39, 0.29) is 25.3 Å². The Kier molecular flexibility index (Phi) is 6.51. The van der Waals surface area contributed by atoms with Gasteiger partial charge in [0.2, 0.25) is 0 Å². The highest BCUT2D eigenvalue weighted by atomic mass is 16.3. The summed E-state index contributed by atoms with van der Waals surface area (Å²) in [7, 11) is 0. The lowest BCUT2D eigenvalue weighted by molar-refractivity contribution is 0.188. The Morgan fingerprint density at radius 1 is 1.00 bits per heavy atom. The zero-order valence-electron chi connectivity index (χ0n) is 7.38. The highest BCUT2D eigenvalue weighted by Crippen LogP contribution is 1.95. The monoisotopic (exact) mass is 161 g/mol. The molecule has 0 aromatic rings. The summed E-state index contributed by atoms with van der Waals surface area (Å²) >= 11 is 0. The van der Waals surface area contributed by atoms with Crippen molar-refractivity contribution >= 4 is 0 Å². The number of hydrogen-bond acceptors (Lipinski definition) is 3. The normalized spacial score (nSPS) is 16.4. The van der Waals surface area contributed by atoms with E-state index in [1.54, 1.807) is 0 Å². The molecule has 0 saturated carbocycles. The topological polar surface area (TPSA) is 52.5 Å². The summed E-state index contributed by atoms with van der Waals surface area (Å²) in [5, 5.41) is 20.8. The fraction of sp³-hybridized carbons (Fsp3) is 1.00. The molecule has 0 rings (SSSR count). The SMILES string of the molecule is CCC(CO)NC(CC)CO. The van der Waals surface area contributed by atoms with Crippen LogP contribution in [-0.4, -0.2) is 35.5 Å². The molecule has 0 spiro atoms. The molecular formula is C8H19NO2. The Labute approximate surface area is 68.4 Å². The van der Waals surface area contributed by atoms with E-state index in [2.05, 4.69) is 5.32 Å². The van der Waals surface area contributed by atoms with Crippen LogP contribution in [-0.2, 0) is 0 Å². The highest BCUT2D eigenvalue weighted by Gasteiger charge is 2.09. The minimum absolute atomic E-state index is 0.132. The number of hydrogen-bond donors (Lipinski definition) is 3. The van der Waals surface area contributed by atoms with Gasteiger partial charge >= 0.3 is 0 Å². The van der Waals surface area contributed by atoms with Crippen LogP contribution in [0.15, 0.2) is 0 Å². The van der Waals surface area contributed by atoms with Crippen LogP contribution in [0.2, 0.25) is 0 Å². The number of aliphatic hydroxyl groups excluding tert-OH is 2. The Hall–Kier alpha value is -0.120. The lowest BCUT2D eigenvalue weighted by atomic mass is 10.1. The van der Waals surface area contributed by atoms with Crippen molar-refractivity contribution in [2.75, 3.05) is 13.2 Å². The van der Waals surface area contributed by atoms with Crippen LogP contribution in [0.4, 0.5) is 0 Å². The summed E-state index contributed by atoms with van der Waals surface area (Å²) in [6, 6.07) is 0.263. The van der Waals surface area contributed by atoms with Crippen LogP contribution >= 0.6 is 0 Å². The average Bonchev–Trinajstić information content (AvgIpc) is 2.07. The highest BCUT2D eigenvalue weighted by molar-refractivity contribution is 4.70.